The average molecular weight is 222 g/mol. The number of nitrogens with two attached hydrogens (primary N) is 1. The Kier molecular flexibility index (Phi) is 3.12. The molecule has 0 saturated heterocycles. The summed E-state index contributed by atoms with van der Waals surface area (Å²) in [5, 5.41) is 3.30. The fourth-order valence-electron chi connectivity index (χ4n) is 1.43. The highest BCUT2D eigenvalue weighted by Crippen LogP contribution is 2.31. The number of anilines is 2. The zero-order valence-electron chi connectivity index (χ0n) is 9.79. The van der Waals surface area contributed by atoms with Crippen LogP contribution in [0, 0.1) is 0 Å². The molecule has 0 atom stereocenters. The van der Waals surface area contributed by atoms with Crippen LogP contribution in [0.5, 0.6) is 5.88 Å². The van der Waals surface area contributed by atoms with E-state index in [9.17, 15) is 0 Å². The summed E-state index contributed by atoms with van der Waals surface area (Å²) in [5.41, 5.74) is 6.48. The number of rotatable bonds is 5. The molecule has 5 heteroatoms. The van der Waals surface area contributed by atoms with Crippen molar-refractivity contribution in [3.63, 3.8) is 0 Å². The first-order valence-electron chi connectivity index (χ1n) is 5.80. The van der Waals surface area contributed by atoms with Crippen LogP contribution < -0.4 is 15.8 Å². The molecule has 0 spiro atoms. The van der Waals surface area contributed by atoms with Gasteiger partial charge in [-0.25, -0.2) is 4.98 Å². The quantitative estimate of drug-likeness (QED) is 0.791. The number of aryl methyl sites for hydroxylation is 1. The van der Waals surface area contributed by atoms with Crippen LogP contribution in [0.3, 0.4) is 0 Å². The molecule has 88 valence electrons. The first kappa shape index (κ1) is 11.0. The molecule has 0 bridgehead atoms. The summed E-state index contributed by atoms with van der Waals surface area (Å²) >= 11 is 0. The van der Waals surface area contributed by atoms with Gasteiger partial charge in [-0.05, 0) is 19.8 Å². The number of nitrogens with one attached hydrogen (secondary N) is 1. The lowest BCUT2D eigenvalue weighted by Gasteiger charge is -2.12. The fourth-order valence-corrected chi connectivity index (χ4v) is 1.43. The fraction of sp³-hybridized carbons (Fsp3) is 0.636. The molecule has 16 heavy (non-hydrogen) atoms. The summed E-state index contributed by atoms with van der Waals surface area (Å²) in [6, 6.07) is 0.524. The van der Waals surface area contributed by atoms with E-state index in [4.69, 9.17) is 10.5 Å². The molecule has 0 unspecified atom stereocenters. The van der Waals surface area contributed by atoms with Gasteiger partial charge >= 0.3 is 0 Å². The van der Waals surface area contributed by atoms with Crippen molar-refractivity contribution < 1.29 is 4.74 Å². The van der Waals surface area contributed by atoms with E-state index in [0.29, 0.717) is 24.2 Å². The molecule has 0 radical (unpaired) electrons. The average Bonchev–Trinajstić information content (AvgIpc) is 3.08. The van der Waals surface area contributed by atoms with E-state index in [1.54, 1.807) is 0 Å². The molecule has 5 nitrogen and oxygen atoms in total. The minimum Gasteiger partial charge on any atom is -0.476 e. The molecule has 1 aromatic rings. The largest absolute Gasteiger partial charge is 0.476 e. The number of aromatic nitrogens is 2. The Labute approximate surface area is 95.4 Å². The Hall–Kier alpha value is -1.52. The predicted octanol–water partition coefficient (Wildman–Crippen LogP) is 1.59. The topological polar surface area (TPSA) is 73.1 Å². The van der Waals surface area contributed by atoms with E-state index in [2.05, 4.69) is 15.3 Å². The lowest BCUT2D eigenvalue weighted by molar-refractivity contribution is 0.327. The van der Waals surface area contributed by atoms with Gasteiger partial charge in [0.15, 0.2) is 5.82 Å². The number of hydrogen-bond donors (Lipinski definition) is 2. The highest BCUT2D eigenvalue weighted by Gasteiger charge is 2.23. The van der Waals surface area contributed by atoms with Crippen molar-refractivity contribution in [3.8, 4) is 5.88 Å². The second kappa shape index (κ2) is 4.55. The van der Waals surface area contributed by atoms with Crippen molar-refractivity contribution >= 4 is 11.5 Å². The third-order valence-corrected chi connectivity index (χ3v) is 2.47. The molecule has 0 aliphatic heterocycles. The van der Waals surface area contributed by atoms with Crippen LogP contribution in [0.2, 0.25) is 0 Å². The summed E-state index contributed by atoms with van der Waals surface area (Å²) in [7, 11) is 0. The SMILES string of the molecule is CCOc1nc(CC)nc(NC2CC2)c1N. The van der Waals surface area contributed by atoms with Gasteiger partial charge in [-0.1, -0.05) is 6.92 Å². The molecular formula is C11H18N4O. The van der Waals surface area contributed by atoms with Crippen LogP contribution >= 0.6 is 0 Å². The van der Waals surface area contributed by atoms with Crippen molar-refractivity contribution in [3.05, 3.63) is 5.82 Å². The van der Waals surface area contributed by atoms with Crippen molar-refractivity contribution in [2.24, 2.45) is 0 Å². The summed E-state index contributed by atoms with van der Waals surface area (Å²) in [6.07, 6.45) is 3.16. The molecule has 1 heterocycles. The van der Waals surface area contributed by atoms with E-state index in [1.165, 1.54) is 12.8 Å². The zero-order valence-corrected chi connectivity index (χ0v) is 9.79. The molecule has 2 rings (SSSR count). The molecule has 1 fully saturated rings. The maximum Gasteiger partial charge on any atom is 0.242 e. The number of nitrogen functional groups attached to an aromatic ring is 1. The third-order valence-electron chi connectivity index (χ3n) is 2.47. The normalized spacial score (nSPS) is 14.9. The van der Waals surface area contributed by atoms with Gasteiger partial charge in [0.1, 0.15) is 11.5 Å². The van der Waals surface area contributed by atoms with Crippen LogP contribution in [0.1, 0.15) is 32.5 Å². The Morgan fingerprint density at radius 1 is 1.38 bits per heavy atom. The van der Waals surface area contributed by atoms with Crippen LogP contribution in [0.25, 0.3) is 0 Å². The molecular weight excluding hydrogens is 204 g/mol. The van der Waals surface area contributed by atoms with Crippen LogP contribution in [0.15, 0.2) is 0 Å². The minimum absolute atomic E-state index is 0.498. The highest BCUT2D eigenvalue weighted by atomic mass is 16.5. The Morgan fingerprint density at radius 2 is 2.12 bits per heavy atom. The van der Waals surface area contributed by atoms with Gasteiger partial charge in [0.25, 0.3) is 0 Å². The van der Waals surface area contributed by atoms with Gasteiger partial charge in [0.05, 0.1) is 6.61 Å². The Balaban J connectivity index is 2.28. The van der Waals surface area contributed by atoms with E-state index in [1.807, 2.05) is 13.8 Å². The van der Waals surface area contributed by atoms with Gasteiger partial charge in [0.2, 0.25) is 5.88 Å². The summed E-state index contributed by atoms with van der Waals surface area (Å²) < 4.78 is 5.41. The molecule has 1 aliphatic carbocycles. The van der Waals surface area contributed by atoms with Gasteiger partial charge in [-0.2, -0.15) is 4.98 Å². The number of ether oxygens (including phenoxy) is 1. The lowest BCUT2D eigenvalue weighted by Crippen LogP contribution is -2.11. The minimum atomic E-state index is 0.498. The lowest BCUT2D eigenvalue weighted by atomic mass is 10.4. The number of nitrogens with zero attached hydrogens (tertiary/aromatic N) is 2. The Bertz CT molecular complexity index is 376. The molecule has 1 aromatic heterocycles. The molecule has 1 aliphatic rings. The van der Waals surface area contributed by atoms with Gasteiger partial charge in [-0.15, -0.1) is 0 Å². The van der Waals surface area contributed by atoms with Crippen molar-refractivity contribution in [1.29, 1.82) is 0 Å². The van der Waals surface area contributed by atoms with Gasteiger partial charge < -0.3 is 15.8 Å². The smallest absolute Gasteiger partial charge is 0.242 e. The van der Waals surface area contributed by atoms with Gasteiger partial charge in [0, 0.05) is 12.5 Å². The van der Waals surface area contributed by atoms with Crippen molar-refractivity contribution in [2.75, 3.05) is 17.7 Å². The predicted molar refractivity (Wildman–Crippen MR) is 63.6 cm³/mol. The standard InChI is InChI=1S/C11H18N4O/c1-3-8-14-10(13-7-5-6-7)9(12)11(15-8)16-4-2/h7H,3-6,12H2,1-2H3,(H,13,14,15). The van der Waals surface area contributed by atoms with E-state index < -0.39 is 0 Å². The van der Waals surface area contributed by atoms with E-state index in [-0.39, 0.29) is 0 Å². The molecule has 0 aromatic carbocycles. The third kappa shape index (κ3) is 2.35. The maximum absolute atomic E-state index is 5.96. The van der Waals surface area contributed by atoms with E-state index in [0.717, 1.165) is 18.1 Å². The van der Waals surface area contributed by atoms with Crippen LogP contribution in [-0.2, 0) is 6.42 Å². The molecule has 0 amide bonds. The van der Waals surface area contributed by atoms with Crippen LogP contribution in [-0.4, -0.2) is 22.6 Å². The van der Waals surface area contributed by atoms with Crippen molar-refractivity contribution in [1.82, 2.24) is 9.97 Å². The van der Waals surface area contributed by atoms with Crippen molar-refractivity contribution in [2.45, 2.75) is 39.2 Å². The summed E-state index contributed by atoms with van der Waals surface area (Å²) in [5.74, 6) is 1.98. The first-order chi connectivity index (χ1) is 7.74. The zero-order chi connectivity index (χ0) is 11.5. The van der Waals surface area contributed by atoms with E-state index >= 15 is 0 Å². The maximum atomic E-state index is 5.96. The first-order valence-corrected chi connectivity index (χ1v) is 5.80. The number of hydrogen-bond acceptors (Lipinski definition) is 5. The molecule has 1 saturated carbocycles. The van der Waals surface area contributed by atoms with Gasteiger partial charge in [-0.3, -0.25) is 0 Å². The van der Waals surface area contributed by atoms with Crippen LogP contribution in [0.4, 0.5) is 11.5 Å². The monoisotopic (exact) mass is 222 g/mol. The highest BCUT2D eigenvalue weighted by molar-refractivity contribution is 5.67. The summed E-state index contributed by atoms with van der Waals surface area (Å²) in [6.45, 7) is 4.50. The second-order valence-corrected chi connectivity index (χ2v) is 3.91. The second-order valence-electron chi connectivity index (χ2n) is 3.91. The molecule has 3 N–H and O–H groups in total. The Morgan fingerprint density at radius 3 is 2.69 bits per heavy atom. The summed E-state index contributed by atoms with van der Waals surface area (Å²) in [4.78, 5) is 8.66.